The van der Waals surface area contributed by atoms with Crippen LogP contribution in [0.15, 0.2) is 72.9 Å². The standard InChI is InChI=1S/C24H17FN4O3/c25-19-3-1-2-18(10-19)15-28(14-17-6-4-16(12-26)5-7-17)24(30)22-13-27-23-9-8-20(29(31)32)11-21(22)23/h1-11,13,27H,14-15H2. The number of fused-ring (bicyclic) bond motifs is 1. The maximum Gasteiger partial charge on any atom is 0.270 e. The van der Waals surface area contributed by atoms with Crippen LogP contribution in [0.1, 0.15) is 27.0 Å². The number of H-pyrrole nitrogens is 1. The average molecular weight is 428 g/mol. The van der Waals surface area contributed by atoms with Gasteiger partial charge in [0.15, 0.2) is 0 Å². The maximum atomic E-state index is 13.7. The SMILES string of the molecule is N#Cc1ccc(CN(Cc2cccc(F)c2)C(=O)c2c[nH]c3ccc([N+](=O)[O-])cc23)cc1. The Morgan fingerprint density at radius 2 is 1.81 bits per heavy atom. The molecule has 0 spiro atoms. The number of carbonyl (C=O) groups excluding carboxylic acids is 1. The van der Waals surface area contributed by atoms with Crippen LogP contribution in [0.25, 0.3) is 10.9 Å². The number of nitrogens with one attached hydrogen (secondary N) is 1. The van der Waals surface area contributed by atoms with Gasteiger partial charge >= 0.3 is 0 Å². The molecule has 0 bridgehead atoms. The van der Waals surface area contributed by atoms with Gasteiger partial charge < -0.3 is 9.88 Å². The molecule has 0 aliphatic heterocycles. The highest BCUT2D eigenvalue weighted by atomic mass is 19.1. The molecule has 1 heterocycles. The minimum Gasteiger partial charge on any atom is -0.360 e. The molecule has 1 amide bonds. The first-order chi connectivity index (χ1) is 15.4. The zero-order valence-electron chi connectivity index (χ0n) is 16.8. The lowest BCUT2D eigenvalue weighted by Gasteiger charge is -2.23. The highest BCUT2D eigenvalue weighted by Gasteiger charge is 2.22. The number of nitrogens with zero attached hydrogens (tertiary/aromatic N) is 3. The number of hydrogen-bond donors (Lipinski definition) is 1. The molecule has 7 nitrogen and oxygen atoms in total. The number of aromatic nitrogens is 1. The largest absolute Gasteiger partial charge is 0.360 e. The lowest BCUT2D eigenvalue weighted by Crippen LogP contribution is -2.30. The van der Waals surface area contributed by atoms with Crippen LogP contribution in [0, 0.1) is 27.3 Å². The Morgan fingerprint density at radius 3 is 2.50 bits per heavy atom. The zero-order chi connectivity index (χ0) is 22.7. The highest BCUT2D eigenvalue weighted by Crippen LogP contribution is 2.26. The van der Waals surface area contributed by atoms with E-state index in [0.717, 1.165) is 5.56 Å². The van der Waals surface area contributed by atoms with E-state index < -0.39 is 10.7 Å². The molecule has 1 aromatic heterocycles. The quantitative estimate of drug-likeness (QED) is 0.347. The number of amides is 1. The summed E-state index contributed by atoms with van der Waals surface area (Å²) < 4.78 is 13.7. The number of nitro benzene ring substituents is 1. The van der Waals surface area contributed by atoms with E-state index in [9.17, 15) is 19.3 Å². The molecular formula is C24H17FN4O3. The van der Waals surface area contributed by atoms with E-state index in [1.165, 1.54) is 35.4 Å². The van der Waals surface area contributed by atoms with Crippen LogP contribution in [-0.4, -0.2) is 20.7 Å². The molecule has 1 N–H and O–H groups in total. The summed E-state index contributed by atoms with van der Waals surface area (Å²) >= 11 is 0. The first kappa shape index (κ1) is 20.8. The Labute approximate surface area is 182 Å². The predicted octanol–water partition coefficient (Wildman–Crippen LogP) is 4.93. The van der Waals surface area contributed by atoms with Gasteiger partial charge in [-0.25, -0.2) is 4.39 Å². The first-order valence-corrected chi connectivity index (χ1v) is 9.73. The van der Waals surface area contributed by atoms with E-state index in [-0.39, 0.29) is 30.2 Å². The molecule has 4 rings (SSSR count). The fourth-order valence-corrected chi connectivity index (χ4v) is 3.53. The number of halogens is 1. The van der Waals surface area contributed by atoms with Crippen molar-refractivity contribution < 1.29 is 14.1 Å². The summed E-state index contributed by atoms with van der Waals surface area (Å²) in [5.41, 5.74) is 2.67. The maximum absolute atomic E-state index is 13.7. The Morgan fingerprint density at radius 1 is 1.06 bits per heavy atom. The molecule has 0 unspecified atom stereocenters. The third-order valence-electron chi connectivity index (χ3n) is 5.11. The molecule has 0 saturated heterocycles. The number of nitriles is 1. The van der Waals surface area contributed by atoms with Crippen LogP contribution in [0.3, 0.4) is 0 Å². The van der Waals surface area contributed by atoms with Gasteiger partial charge in [0.25, 0.3) is 11.6 Å². The second kappa shape index (κ2) is 8.70. The number of hydrogen-bond acceptors (Lipinski definition) is 4. The minimum atomic E-state index is -0.512. The van der Waals surface area contributed by atoms with Crippen molar-refractivity contribution in [1.29, 1.82) is 5.26 Å². The van der Waals surface area contributed by atoms with Crippen LogP contribution < -0.4 is 0 Å². The number of carbonyl (C=O) groups is 1. The van der Waals surface area contributed by atoms with E-state index >= 15 is 0 Å². The third kappa shape index (κ3) is 4.32. The molecule has 0 radical (unpaired) electrons. The van der Waals surface area contributed by atoms with Crippen molar-refractivity contribution in [3.8, 4) is 6.07 Å². The van der Waals surface area contributed by atoms with Crippen LogP contribution >= 0.6 is 0 Å². The van der Waals surface area contributed by atoms with Gasteiger partial charge in [0.1, 0.15) is 5.82 Å². The van der Waals surface area contributed by atoms with E-state index in [0.29, 0.717) is 22.0 Å². The molecule has 0 atom stereocenters. The monoisotopic (exact) mass is 428 g/mol. The number of benzene rings is 3. The molecule has 158 valence electrons. The van der Waals surface area contributed by atoms with Crippen molar-refractivity contribution >= 4 is 22.5 Å². The van der Waals surface area contributed by atoms with Gasteiger partial charge in [0, 0.05) is 42.3 Å². The molecule has 4 aromatic rings. The molecule has 32 heavy (non-hydrogen) atoms. The fourth-order valence-electron chi connectivity index (χ4n) is 3.53. The number of nitro groups is 1. The lowest BCUT2D eigenvalue weighted by atomic mass is 10.1. The van der Waals surface area contributed by atoms with Crippen molar-refractivity contribution in [2.24, 2.45) is 0 Å². The average Bonchev–Trinajstić information content (AvgIpc) is 3.22. The topological polar surface area (TPSA) is 103 Å². The van der Waals surface area contributed by atoms with E-state index in [2.05, 4.69) is 11.1 Å². The Kier molecular flexibility index (Phi) is 5.64. The summed E-state index contributed by atoms with van der Waals surface area (Å²) in [6, 6.07) is 19.2. The Hall–Kier alpha value is -4.51. The highest BCUT2D eigenvalue weighted by molar-refractivity contribution is 6.07. The van der Waals surface area contributed by atoms with Crippen LogP contribution in [0.2, 0.25) is 0 Å². The Bertz CT molecular complexity index is 1360. The summed E-state index contributed by atoms with van der Waals surface area (Å²) in [4.78, 5) is 28.7. The fraction of sp³-hybridized carbons (Fsp3) is 0.0833. The van der Waals surface area contributed by atoms with E-state index in [1.54, 1.807) is 42.5 Å². The Balaban J connectivity index is 1.71. The van der Waals surface area contributed by atoms with Crippen LogP contribution in [0.5, 0.6) is 0 Å². The molecule has 0 aliphatic carbocycles. The first-order valence-electron chi connectivity index (χ1n) is 9.73. The third-order valence-corrected chi connectivity index (χ3v) is 5.11. The van der Waals surface area contributed by atoms with E-state index in [1.807, 2.05) is 0 Å². The van der Waals surface area contributed by atoms with Gasteiger partial charge in [-0.3, -0.25) is 14.9 Å². The molecule has 0 aliphatic rings. The summed E-state index contributed by atoms with van der Waals surface area (Å²) in [7, 11) is 0. The number of rotatable bonds is 6. The zero-order valence-corrected chi connectivity index (χ0v) is 16.8. The molecule has 0 fully saturated rings. The van der Waals surface area contributed by atoms with Crippen molar-refractivity contribution in [3.63, 3.8) is 0 Å². The predicted molar refractivity (Wildman–Crippen MR) is 116 cm³/mol. The smallest absolute Gasteiger partial charge is 0.270 e. The summed E-state index contributed by atoms with van der Waals surface area (Å²) in [5.74, 6) is -0.763. The van der Waals surface area contributed by atoms with Crippen LogP contribution in [-0.2, 0) is 13.1 Å². The second-order valence-corrected chi connectivity index (χ2v) is 7.29. The lowest BCUT2D eigenvalue weighted by molar-refractivity contribution is -0.384. The van der Waals surface area contributed by atoms with Crippen molar-refractivity contribution in [2.45, 2.75) is 13.1 Å². The number of non-ortho nitro benzene ring substituents is 1. The number of aromatic amines is 1. The van der Waals surface area contributed by atoms with Crippen LogP contribution in [0.4, 0.5) is 10.1 Å². The minimum absolute atomic E-state index is 0.116. The van der Waals surface area contributed by atoms with Crippen molar-refractivity contribution in [1.82, 2.24) is 9.88 Å². The molecular weight excluding hydrogens is 411 g/mol. The van der Waals surface area contributed by atoms with Gasteiger partial charge in [0.2, 0.25) is 0 Å². The van der Waals surface area contributed by atoms with E-state index in [4.69, 9.17) is 5.26 Å². The van der Waals surface area contributed by atoms with Gasteiger partial charge in [0.05, 0.1) is 22.1 Å². The van der Waals surface area contributed by atoms with Gasteiger partial charge in [-0.2, -0.15) is 5.26 Å². The van der Waals surface area contributed by atoms with Gasteiger partial charge in [-0.05, 0) is 41.5 Å². The summed E-state index contributed by atoms with van der Waals surface area (Å²) in [6.07, 6.45) is 1.52. The molecule has 8 heteroatoms. The molecule has 3 aromatic carbocycles. The molecule has 0 saturated carbocycles. The van der Waals surface area contributed by atoms with Gasteiger partial charge in [-0.15, -0.1) is 0 Å². The normalized spacial score (nSPS) is 10.6. The second-order valence-electron chi connectivity index (χ2n) is 7.29. The van der Waals surface area contributed by atoms with Gasteiger partial charge in [-0.1, -0.05) is 24.3 Å². The van der Waals surface area contributed by atoms with Crippen molar-refractivity contribution in [3.05, 3.63) is 111 Å². The van der Waals surface area contributed by atoms with Crippen molar-refractivity contribution in [2.75, 3.05) is 0 Å². The summed E-state index contributed by atoms with van der Waals surface area (Å²) in [5, 5.41) is 20.6. The summed E-state index contributed by atoms with van der Waals surface area (Å²) in [6.45, 7) is 0.348.